The summed E-state index contributed by atoms with van der Waals surface area (Å²) in [6.07, 6.45) is 0. The molecule has 2 aliphatic rings. The minimum atomic E-state index is -0.326. The first-order valence-corrected chi connectivity index (χ1v) is 8.18. The van der Waals surface area contributed by atoms with Crippen LogP contribution in [0.15, 0.2) is 24.3 Å². The molecule has 0 spiro atoms. The molecule has 0 aromatic heterocycles. The second-order valence-corrected chi connectivity index (χ2v) is 5.98. The molecule has 1 aromatic rings. The number of amides is 4. The Balaban J connectivity index is 1.40. The molecule has 0 aliphatic carbocycles. The van der Waals surface area contributed by atoms with E-state index in [4.69, 9.17) is 0 Å². The number of piperazine rings is 1. The zero-order valence-electron chi connectivity index (χ0n) is 13.5. The number of nitrogens with zero attached hydrogens (tertiary/aromatic N) is 3. The number of rotatable bonds is 4. The molecule has 1 aromatic carbocycles. The van der Waals surface area contributed by atoms with Gasteiger partial charge in [-0.2, -0.15) is 0 Å². The maximum Gasteiger partial charge on any atom is 0.321 e. The normalized spacial score (nSPS) is 18.6. The van der Waals surface area contributed by atoms with Gasteiger partial charge < -0.3 is 20.4 Å². The van der Waals surface area contributed by atoms with Gasteiger partial charge in [-0.15, -0.1) is 0 Å². The van der Waals surface area contributed by atoms with Gasteiger partial charge in [-0.25, -0.2) is 14.0 Å². The van der Waals surface area contributed by atoms with Gasteiger partial charge in [0.15, 0.2) is 0 Å². The van der Waals surface area contributed by atoms with Gasteiger partial charge in [0.2, 0.25) is 0 Å². The molecule has 2 heterocycles. The molecule has 2 fully saturated rings. The molecule has 0 atom stereocenters. The number of urea groups is 2. The van der Waals surface area contributed by atoms with E-state index in [-0.39, 0.29) is 17.9 Å². The Labute approximate surface area is 140 Å². The summed E-state index contributed by atoms with van der Waals surface area (Å²) in [5.74, 6) is -0.326. The van der Waals surface area contributed by atoms with Gasteiger partial charge in [-0.05, 0) is 24.3 Å². The fourth-order valence-corrected chi connectivity index (χ4v) is 2.90. The Morgan fingerprint density at radius 3 is 2.42 bits per heavy atom. The van der Waals surface area contributed by atoms with Gasteiger partial charge in [0.05, 0.1) is 0 Å². The van der Waals surface area contributed by atoms with Crippen LogP contribution in [-0.4, -0.2) is 79.1 Å². The lowest BCUT2D eigenvalue weighted by molar-refractivity contribution is 0.139. The topological polar surface area (TPSA) is 67.9 Å². The standard InChI is InChI=1S/C16H22FN5O2/c17-13-1-3-14(4-2-13)19-16(24)22-11-8-20(9-12-22)7-10-21-6-5-18-15(21)23/h1-4H,5-12H2,(H,18,23)(H,19,24). The molecule has 130 valence electrons. The first-order chi connectivity index (χ1) is 11.6. The molecule has 2 saturated heterocycles. The third-order valence-electron chi connectivity index (χ3n) is 4.39. The molecule has 0 bridgehead atoms. The molecule has 3 rings (SSSR count). The number of benzene rings is 1. The Kier molecular flexibility index (Phi) is 5.14. The zero-order chi connectivity index (χ0) is 16.9. The molecule has 8 heteroatoms. The van der Waals surface area contributed by atoms with E-state index in [1.54, 1.807) is 17.0 Å². The third-order valence-corrected chi connectivity index (χ3v) is 4.39. The van der Waals surface area contributed by atoms with Crippen LogP contribution in [-0.2, 0) is 0 Å². The van der Waals surface area contributed by atoms with Crippen LogP contribution >= 0.6 is 0 Å². The quantitative estimate of drug-likeness (QED) is 0.863. The van der Waals surface area contributed by atoms with Gasteiger partial charge in [-0.3, -0.25) is 4.90 Å². The third kappa shape index (κ3) is 4.14. The number of anilines is 1. The van der Waals surface area contributed by atoms with Gasteiger partial charge in [0.1, 0.15) is 5.82 Å². The lowest BCUT2D eigenvalue weighted by Gasteiger charge is -2.35. The van der Waals surface area contributed by atoms with Crippen LogP contribution in [0.2, 0.25) is 0 Å². The molecule has 0 unspecified atom stereocenters. The van der Waals surface area contributed by atoms with Crippen LogP contribution in [0.1, 0.15) is 0 Å². The monoisotopic (exact) mass is 335 g/mol. The number of halogens is 1. The summed E-state index contributed by atoms with van der Waals surface area (Å²) in [6, 6.07) is 5.58. The van der Waals surface area contributed by atoms with Crippen molar-refractivity contribution in [3.05, 3.63) is 30.1 Å². The highest BCUT2D eigenvalue weighted by Crippen LogP contribution is 2.11. The number of carbonyl (C=O) groups excluding carboxylic acids is 2. The second kappa shape index (κ2) is 7.48. The van der Waals surface area contributed by atoms with Crippen LogP contribution < -0.4 is 10.6 Å². The second-order valence-electron chi connectivity index (χ2n) is 5.98. The van der Waals surface area contributed by atoms with Crippen LogP contribution in [0, 0.1) is 5.82 Å². The summed E-state index contributed by atoms with van der Waals surface area (Å²) in [4.78, 5) is 29.5. The summed E-state index contributed by atoms with van der Waals surface area (Å²) < 4.78 is 12.9. The van der Waals surface area contributed by atoms with Crippen molar-refractivity contribution in [1.82, 2.24) is 20.0 Å². The highest BCUT2D eigenvalue weighted by atomic mass is 19.1. The van der Waals surface area contributed by atoms with Crippen molar-refractivity contribution in [2.75, 3.05) is 57.7 Å². The van der Waals surface area contributed by atoms with Crippen LogP contribution in [0.4, 0.5) is 19.7 Å². The molecule has 2 N–H and O–H groups in total. The minimum absolute atomic E-state index is 0.00677. The van der Waals surface area contributed by atoms with E-state index in [9.17, 15) is 14.0 Å². The zero-order valence-corrected chi connectivity index (χ0v) is 13.5. The smallest absolute Gasteiger partial charge is 0.321 e. The largest absolute Gasteiger partial charge is 0.336 e. The van der Waals surface area contributed by atoms with Crippen molar-refractivity contribution < 1.29 is 14.0 Å². The number of carbonyl (C=O) groups is 2. The lowest BCUT2D eigenvalue weighted by atomic mass is 10.3. The highest BCUT2D eigenvalue weighted by Gasteiger charge is 2.23. The first-order valence-electron chi connectivity index (χ1n) is 8.18. The van der Waals surface area contributed by atoms with Gasteiger partial charge >= 0.3 is 12.1 Å². The minimum Gasteiger partial charge on any atom is -0.336 e. The maximum absolute atomic E-state index is 12.9. The van der Waals surface area contributed by atoms with E-state index in [1.807, 2.05) is 4.90 Å². The predicted molar refractivity (Wildman–Crippen MR) is 88.4 cm³/mol. The van der Waals surface area contributed by atoms with E-state index < -0.39 is 0 Å². The molecule has 7 nitrogen and oxygen atoms in total. The van der Waals surface area contributed by atoms with Crippen molar-refractivity contribution in [2.24, 2.45) is 0 Å². The average Bonchev–Trinajstić information content (AvgIpc) is 3.00. The molecular formula is C16H22FN5O2. The van der Waals surface area contributed by atoms with Gasteiger partial charge in [0.25, 0.3) is 0 Å². The van der Waals surface area contributed by atoms with E-state index in [2.05, 4.69) is 15.5 Å². The van der Waals surface area contributed by atoms with Crippen molar-refractivity contribution in [3.63, 3.8) is 0 Å². The molecule has 0 saturated carbocycles. The molecule has 24 heavy (non-hydrogen) atoms. The van der Waals surface area contributed by atoms with Crippen LogP contribution in [0.5, 0.6) is 0 Å². The summed E-state index contributed by atoms with van der Waals surface area (Å²) in [7, 11) is 0. The van der Waals surface area contributed by atoms with Gasteiger partial charge in [0, 0.05) is 58.0 Å². The summed E-state index contributed by atoms with van der Waals surface area (Å²) in [6.45, 7) is 5.86. The van der Waals surface area contributed by atoms with Crippen molar-refractivity contribution in [3.8, 4) is 0 Å². The Bertz CT molecular complexity index is 587. The van der Waals surface area contributed by atoms with E-state index in [0.717, 1.165) is 32.7 Å². The van der Waals surface area contributed by atoms with Crippen LogP contribution in [0.25, 0.3) is 0 Å². The fourth-order valence-electron chi connectivity index (χ4n) is 2.90. The van der Waals surface area contributed by atoms with Gasteiger partial charge in [-0.1, -0.05) is 0 Å². The number of hydrogen-bond donors (Lipinski definition) is 2. The lowest BCUT2D eigenvalue weighted by Crippen LogP contribution is -2.51. The molecular weight excluding hydrogens is 313 g/mol. The Hall–Kier alpha value is -2.35. The van der Waals surface area contributed by atoms with E-state index >= 15 is 0 Å². The van der Waals surface area contributed by atoms with Crippen LogP contribution in [0.3, 0.4) is 0 Å². The van der Waals surface area contributed by atoms with Crippen molar-refractivity contribution >= 4 is 17.7 Å². The van der Waals surface area contributed by atoms with Crippen molar-refractivity contribution in [2.45, 2.75) is 0 Å². The Morgan fingerprint density at radius 2 is 1.79 bits per heavy atom. The fraction of sp³-hybridized carbons (Fsp3) is 0.500. The average molecular weight is 335 g/mol. The van der Waals surface area contributed by atoms with Crippen molar-refractivity contribution in [1.29, 1.82) is 0 Å². The SMILES string of the molecule is O=C1NCCN1CCN1CCN(C(=O)Nc2ccc(F)cc2)CC1. The summed E-state index contributed by atoms with van der Waals surface area (Å²) in [5.41, 5.74) is 0.587. The number of nitrogens with one attached hydrogen (secondary N) is 2. The summed E-state index contributed by atoms with van der Waals surface area (Å²) in [5, 5.41) is 5.57. The van der Waals surface area contributed by atoms with E-state index in [0.29, 0.717) is 25.3 Å². The summed E-state index contributed by atoms with van der Waals surface area (Å²) >= 11 is 0. The molecule has 2 aliphatic heterocycles. The van der Waals surface area contributed by atoms with E-state index in [1.165, 1.54) is 12.1 Å². The first kappa shape index (κ1) is 16.5. The Morgan fingerprint density at radius 1 is 1.08 bits per heavy atom. The number of hydrogen-bond acceptors (Lipinski definition) is 3. The highest BCUT2D eigenvalue weighted by molar-refractivity contribution is 5.89. The molecule has 4 amide bonds. The predicted octanol–water partition coefficient (Wildman–Crippen LogP) is 1.00. The molecule has 0 radical (unpaired) electrons. The maximum atomic E-state index is 12.9.